The van der Waals surface area contributed by atoms with Crippen LogP contribution in [0.3, 0.4) is 0 Å². The van der Waals surface area contributed by atoms with Gasteiger partial charge in [-0.2, -0.15) is 0 Å². The molecule has 28 heavy (non-hydrogen) atoms. The SMILES string of the molecule is COc1ccc(OC)c(Sc2nc3cncn(CCc4ccccc4)c-3n2)c1. The van der Waals surface area contributed by atoms with Gasteiger partial charge in [0.05, 0.1) is 31.6 Å². The number of aryl methyl sites for hydroxylation is 2. The first-order chi connectivity index (χ1) is 13.8. The zero-order chi connectivity index (χ0) is 19.3. The molecule has 7 heteroatoms. The minimum atomic E-state index is 0.656. The molecule has 0 aliphatic carbocycles. The van der Waals surface area contributed by atoms with Crippen molar-refractivity contribution in [3.05, 3.63) is 66.6 Å². The van der Waals surface area contributed by atoms with Gasteiger partial charge in [0.1, 0.15) is 17.2 Å². The molecule has 2 aromatic carbocycles. The second kappa shape index (κ2) is 8.31. The third-order valence-corrected chi connectivity index (χ3v) is 5.28. The topological polar surface area (TPSA) is 62.1 Å². The third kappa shape index (κ3) is 3.94. The summed E-state index contributed by atoms with van der Waals surface area (Å²) in [6.45, 7) is 0.791. The monoisotopic (exact) mass is 392 g/mol. The Kier molecular flexibility index (Phi) is 5.43. The Balaban J connectivity index is 1.59. The minimum Gasteiger partial charge on any atom is -0.497 e. The van der Waals surface area contributed by atoms with E-state index in [0.29, 0.717) is 5.16 Å². The summed E-state index contributed by atoms with van der Waals surface area (Å²) in [6.07, 6.45) is 4.46. The van der Waals surface area contributed by atoms with E-state index in [1.807, 2.05) is 28.8 Å². The van der Waals surface area contributed by atoms with Gasteiger partial charge in [-0.05, 0) is 41.9 Å². The average Bonchev–Trinajstić information content (AvgIpc) is 3.16. The predicted octanol–water partition coefficient (Wildman–Crippen LogP) is 4.19. The van der Waals surface area contributed by atoms with E-state index in [4.69, 9.17) is 14.5 Å². The molecule has 0 aromatic heterocycles. The molecule has 6 nitrogen and oxygen atoms in total. The maximum Gasteiger partial charge on any atom is 0.195 e. The van der Waals surface area contributed by atoms with Crippen LogP contribution in [0.4, 0.5) is 0 Å². The summed E-state index contributed by atoms with van der Waals surface area (Å²) in [4.78, 5) is 14.6. The standard InChI is InChI=1S/C21H20N4O2S/c1-26-16-8-9-18(27-2)19(12-16)28-21-23-17-13-22-14-25(20(17)24-21)11-10-15-6-4-3-5-7-15/h3-9,12-14H,10-11H2,1-2H3. The Morgan fingerprint density at radius 2 is 1.86 bits per heavy atom. The van der Waals surface area contributed by atoms with Crippen molar-refractivity contribution in [3.63, 3.8) is 0 Å². The van der Waals surface area contributed by atoms with Crippen molar-refractivity contribution in [1.29, 1.82) is 0 Å². The average molecular weight is 392 g/mol. The van der Waals surface area contributed by atoms with Gasteiger partial charge in [0.15, 0.2) is 11.0 Å². The fraction of sp³-hybridized carbons (Fsp3) is 0.190. The lowest BCUT2D eigenvalue weighted by atomic mass is 10.1. The van der Waals surface area contributed by atoms with Crippen LogP contribution in [0.15, 0.2) is 71.1 Å². The molecule has 2 aromatic rings. The van der Waals surface area contributed by atoms with Crippen LogP contribution in [0.1, 0.15) is 5.56 Å². The molecule has 4 rings (SSSR count). The second-order valence-electron chi connectivity index (χ2n) is 6.16. The summed E-state index contributed by atoms with van der Waals surface area (Å²) in [5.74, 6) is 2.35. The maximum absolute atomic E-state index is 5.45. The zero-order valence-electron chi connectivity index (χ0n) is 15.7. The predicted molar refractivity (Wildman–Crippen MR) is 108 cm³/mol. The first-order valence-electron chi connectivity index (χ1n) is 8.88. The number of hydrogen-bond donors (Lipinski definition) is 0. The first kappa shape index (κ1) is 18.3. The summed E-state index contributed by atoms with van der Waals surface area (Å²) in [5.41, 5.74) is 2.06. The van der Waals surface area contributed by atoms with Crippen LogP contribution in [-0.2, 0) is 13.0 Å². The molecule has 0 N–H and O–H groups in total. The van der Waals surface area contributed by atoms with Crippen molar-refractivity contribution in [2.24, 2.45) is 0 Å². The van der Waals surface area contributed by atoms with Crippen LogP contribution in [-0.4, -0.2) is 33.7 Å². The highest BCUT2D eigenvalue weighted by atomic mass is 32.2. The van der Waals surface area contributed by atoms with E-state index < -0.39 is 0 Å². The molecule has 0 saturated carbocycles. The van der Waals surface area contributed by atoms with E-state index in [1.54, 1.807) is 26.7 Å². The fourth-order valence-corrected chi connectivity index (χ4v) is 3.83. The van der Waals surface area contributed by atoms with E-state index in [-0.39, 0.29) is 0 Å². The van der Waals surface area contributed by atoms with Crippen LogP contribution >= 0.6 is 11.8 Å². The number of ether oxygens (including phenoxy) is 2. The van der Waals surface area contributed by atoms with Crippen molar-refractivity contribution in [1.82, 2.24) is 19.5 Å². The Labute approximate surface area is 167 Å². The lowest BCUT2D eigenvalue weighted by molar-refractivity contribution is 0.394. The van der Waals surface area contributed by atoms with Crippen molar-refractivity contribution in [3.8, 4) is 23.0 Å². The molecule has 0 spiro atoms. The van der Waals surface area contributed by atoms with E-state index in [0.717, 1.165) is 40.9 Å². The molecule has 0 bridgehead atoms. The zero-order valence-corrected chi connectivity index (χ0v) is 16.5. The summed E-state index contributed by atoms with van der Waals surface area (Å²) in [5, 5.41) is 0.656. The highest BCUT2D eigenvalue weighted by molar-refractivity contribution is 7.99. The molecule has 142 valence electrons. The second-order valence-corrected chi connectivity index (χ2v) is 7.17. The van der Waals surface area contributed by atoms with Crippen molar-refractivity contribution in [2.45, 2.75) is 23.0 Å². The van der Waals surface area contributed by atoms with Gasteiger partial charge >= 0.3 is 0 Å². The van der Waals surface area contributed by atoms with Gasteiger partial charge in [0.25, 0.3) is 0 Å². The van der Waals surface area contributed by atoms with Crippen LogP contribution in [0.2, 0.25) is 0 Å². The molecule has 2 aliphatic rings. The van der Waals surface area contributed by atoms with E-state index in [9.17, 15) is 0 Å². The first-order valence-corrected chi connectivity index (χ1v) is 9.70. The number of rotatable bonds is 7. The third-order valence-electron chi connectivity index (χ3n) is 4.38. The van der Waals surface area contributed by atoms with Gasteiger partial charge < -0.3 is 14.0 Å². The number of aromatic nitrogens is 4. The number of nitrogens with zero attached hydrogens (tertiary/aromatic N) is 4. The number of imidazole rings is 1. The van der Waals surface area contributed by atoms with Gasteiger partial charge in [-0.15, -0.1) is 0 Å². The van der Waals surface area contributed by atoms with Crippen LogP contribution in [0.5, 0.6) is 11.5 Å². The van der Waals surface area contributed by atoms with Crippen LogP contribution in [0.25, 0.3) is 11.5 Å². The number of methoxy groups -OCH3 is 2. The smallest absolute Gasteiger partial charge is 0.195 e. The highest BCUT2D eigenvalue weighted by Gasteiger charge is 2.17. The molecule has 0 fully saturated rings. The van der Waals surface area contributed by atoms with E-state index >= 15 is 0 Å². The van der Waals surface area contributed by atoms with Gasteiger partial charge in [-0.3, -0.25) is 0 Å². The summed E-state index contributed by atoms with van der Waals surface area (Å²) >= 11 is 1.45. The maximum atomic E-state index is 5.45. The lowest BCUT2D eigenvalue weighted by Gasteiger charge is -2.09. The molecule has 2 heterocycles. The molecular formula is C21H20N4O2S. The van der Waals surface area contributed by atoms with Crippen molar-refractivity contribution < 1.29 is 9.47 Å². The molecule has 0 unspecified atom stereocenters. The molecule has 2 aliphatic heterocycles. The van der Waals surface area contributed by atoms with Crippen LogP contribution in [0, 0.1) is 0 Å². The van der Waals surface area contributed by atoms with Gasteiger partial charge in [-0.25, -0.2) is 15.0 Å². The molecule has 0 amide bonds. The summed E-state index contributed by atoms with van der Waals surface area (Å²) in [6, 6.07) is 16.1. The highest BCUT2D eigenvalue weighted by Crippen LogP contribution is 2.37. The molecule has 0 atom stereocenters. The Hall–Kier alpha value is -3.06. The van der Waals surface area contributed by atoms with Gasteiger partial charge in [-0.1, -0.05) is 30.3 Å². The quantitative estimate of drug-likeness (QED) is 0.470. The summed E-state index contributed by atoms with van der Waals surface area (Å²) < 4.78 is 12.8. The number of fused-ring (bicyclic) bond motifs is 1. The Bertz CT molecular complexity index is 1040. The Morgan fingerprint density at radius 1 is 1.00 bits per heavy atom. The van der Waals surface area contributed by atoms with E-state index in [1.165, 1.54) is 17.3 Å². The largest absolute Gasteiger partial charge is 0.497 e. The summed E-state index contributed by atoms with van der Waals surface area (Å²) in [7, 11) is 3.29. The molecular weight excluding hydrogens is 372 g/mol. The molecule has 0 radical (unpaired) electrons. The van der Waals surface area contributed by atoms with Gasteiger partial charge in [0, 0.05) is 6.54 Å². The van der Waals surface area contributed by atoms with Crippen LogP contribution < -0.4 is 9.47 Å². The minimum absolute atomic E-state index is 0.656. The number of hydrogen-bond acceptors (Lipinski definition) is 6. The van der Waals surface area contributed by atoms with Crippen molar-refractivity contribution in [2.75, 3.05) is 14.2 Å². The number of benzene rings is 2. The van der Waals surface area contributed by atoms with Crippen molar-refractivity contribution >= 4 is 11.8 Å². The lowest BCUT2D eigenvalue weighted by Crippen LogP contribution is -2.07. The van der Waals surface area contributed by atoms with E-state index in [2.05, 4.69) is 34.2 Å². The fourth-order valence-electron chi connectivity index (χ4n) is 2.93. The van der Waals surface area contributed by atoms with Gasteiger partial charge in [0.2, 0.25) is 0 Å². The Morgan fingerprint density at radius 3 is 2.64 bits per heavy atom. The normalized spacial score (nSPS) is 10.9. The molecule has 0 saturated heterocycles.